The molecule has 102 valence electrons. The van der Waals surface area contributed by atoms with Gasteiger partial charge in [-0.3, -0.25) is 0 Å². The molecule has 1 aliphatic heterocycles. The van der Waals surface area contributed by atoms with Crippen molar-refractivity contribution in [3.63, 3.8) is 0 Å². The van der Waals surface area contributed by atoms with Crippen LogP contribution in [0.5, 0.6) is 0 Å². The summed E-state index contributed by atoms with van der Waals surface area (Å²) in [5, 5.41) is 9.22. The third-order valence-corrected chi connectivity index (χ3v) is 4.26. The van der Waals surface area contributed by atoms with E-state index < -0.39 is 0 Å². The molecule has 1 aromatic rings. The molecule has 1 aliphatic rings. The number of hydrogen-bond donors (Lipinski definition) is 0. The van der Waals surface area contributed by atoms with Gasteiger partial charge in [-0.25, -0.2) is 0 Å². The Morgan fingerprint density at radius 3 is 2.53 bits per heavy atom. The molecule has 0 unspecified atom stereocenters. The lowest BCUT2D eigenvalue weighted by atomic mass is 9.78. The molecule has 2 nitrogen and oxygen atoms in total. The minimum absolute atomic E-state index is 0.168. The van der Waals surface area contributed by atoms with Crippen LogP contribution in [-0.4, -0.2) is 11.6 Å². The lowest BCUT2D eigenvalue weighted by molar-refractivity contribution is 0.356. The quantitative estimate of drug-likeness (QED) is 0.746. The van der Waals surface area contributed by atoms with E-state index in [0.717, 1.165) is 17.5 Å². The van der Waals surface area contributed by atoms with Gasteiger partial charge in [0.1, 0.15) is 0 Å². The third kappa shape index (κ3) is 2.23. The zero-order valence-corrected chi connectivity index (χ0v) is 12.9. The van der Waals surface area contributed by atoms with Crippen LogP contribution in [0.2, 0.25) is 0 Å². The second-order valence-electron chi connectivity index (χ2n) is 6.72. The predicted molar refractivity (Wildman–Crippen MR) is 80.6 cm³/mol. The molecule has 2 heteroatoms. The fourth-order valence-electron chi connectivity index (χ4n) is 3.69. The molecule has 0 saturated carbocycles. The minimum atomic E-state index is 0.168. The number of nitrogens with zero attached hydrogens (tertiary/aromatic N) is 2. The molecule has 0 aromatic heterocycles. The zero-order chi connectivity index (χ0) is 14.4. The largest absolute Gasteiger partial charge is 0.364 e. The maximum Gasteiger partial charge on any atom is 0.0994 e. The van der Waals surface area contributed by atoms with Crippen molar-refractivity contribution in [1.82, 2.24) is 0 Å². The highest BCUT2D eigenvalue weighted by atomic mass is 15.2. The van der Waals surface area contributed by atoms with Crippen LogP contribution in [-0.2, 0) is 0 Å². The van der Waals surface area contributed by atoms with Crippen molar-refractivity contribution < 1.29 is 0 Å². The Morgan fingerprint density at radius 2 is 2.00 bits per heavy atom. The number of nitriles is 1. The molecule has 1 aromatic carbocycles. The summed E-state index contributed by atoms with van der Waals surface area (Å²) in [6.07, 6.45) is 1.13. The van der Waals surface area contributed by atoms with Gasteiger partial charge in [0.2, 0.25) is 0 Å². The van der Waals surface area contributed by atoms with E-state index in [9.17, 15) is 5.26 Å². The predicted octanol–water partition coefficient (Wildman–Crippen LogP) is 4.37. The van der Waals surface area contributed by atoms with Crippen LogP contribution in [0, 0.1) is 18.3 Å². The molecule has 0 fully saturated rings. The van der Waals surface area contributed by atoms with Gasteiger partial charge in [0.25, 0.3) is 0 Å². The summed E-state index contributed by atoms with van der Waals surface area (Å²) in [6, 6.07) is 7.08. The summed E-state index contributed by atoms with van der Waals surface area (Å²) in [4.78, 5) is 2.51. The van der Waals surface area contributed by atoms with Crippen LogP contribution < -0.4 is 4.90 Å². The van der Waals surface area contributed by atoms with Crippen molar-refractivity contribution in [2.45, 2.75) is 65.5 Å². The summed E-state index contributed by atoms with van der Waals surface area (Å²) >= 11 is 0. The van der Waals surface area contributed by atoms with Gasteiger partial charge in [-0.1, -0.05) is 6.92 Å². The van der Waals surface area contributed by atoms with E-state index in [1.807, 2.05) is 6.92 Å². The number of anilines is 1. The Labute approximate surface area is 117 Å². The first-order chi connectivity index (χ1) is 8.77. The molecule has 0 spiro atoms. The van der Waals surface area contributed by atoms with Crippen molar-refractivity contribution in [2.75, 3.05) is 4.90 Å². The molecule has 0 bridgehead atoms. The van der Waals surface area contributed by atoms with Gasteiger partial charge in [-0.05, 0) is 70.2 Å². The molecular weight excluding hydrogens is 232 g/mol. The number of fused-ring (bicyclic) bond motifs is 1. The molecule has 0 aliphatic carbocycles. The lowest BCUT2D eigenvalue weighted by Gasteiger charge is -2.50. The smallest absolute Gasteiger partial charge is 0.0994 e. The van der Waals surface area contributed by atoms with Crippen LogP contribution in [0.4, 0.5) is 5.69 Å². The Morgan fingerprint density at radius 1 is 1.37 bits per heavy atom. The third-order valence-electron chi connectivity index (χ3n) is 4.26. The van der Waals surface area contributed by atoms with Crippen LogP contribution in [0.15, 0.2) is 12.1 Å². The number of rotatable bonds is 1. The number of hydrogen-bond acceptors (Lipinski definition) is 2. The van der Waals surface area contributed by atoms with E-state index in [2.05, 4.69) is 57.7 Å². The van der Waals surface area contributed by atoms with E-state index >= 15 is 0 Å². The van der Waals surface area contributed by atoms with Crippen molar-refractivity contribution in [1.29, 1.82) is 5.26 Å². The molecule has 2 rings (SSSR count). The van der Waals surface area contributed by atoms with E-state index in [0.29, 0.717) is 12.0 Å². The first-order valence-corrected chi connectivity index (χ1v) is 7.12. The molecule has 0 N–H and O–H groups in total. The monoisotopic (exact) mass is 256 g/mol. The number of aryl methyl sites for hydroxylation is 1. The van der Waals surface area contributed by atoms with E-state index in [1.54, 1.807) is 0 Å². The van der Waals surface area contributed by atoms with Crippen molar-refractivity contribution in [2.24, 2.45) is 0 Å². The fourth-order valence-corrected chi connectivity index (χ4v) is 3.69. The SMILES string of the molecule is Cc1cc2c(cc1C#N)[C@H](C)CC(C)(C)N2C(C)C. The van der Waals surface area contributed by atoms with Gasteiger partial charge < -0.3 is 4.90 Å². The van der Waals surface area contributed by atoms with E-state index in [4.69, 9.17) is 0 Å². The summed E-state index contributed by atoms with van der Waals surface area (Å²) in [5.41, 5.74) is 4.71. The van der Waals surface area contributed by atoms with Gasteiger partial charge in [-0.15, -0.1) is 0 Å². The van der Waals surface area contributed by atoms with Crippen LogP contribution in [0.1, 0.15) is 63.6 Å². The summed E-state index contributed by atoms with van der Waals surface area (Å²) in [5.74, 6) is 0.507. The Kier molecular flexibility index (Phi) is 3.34. The van der Waals surface area contributed by atoms with E-state index in [-0.39, 0.29) is 5.54 Å². The molecule has 1 heterocycles. The van der Waals surface area contributed by atoms with Gasteiger partial charge in [0.05, 0.1) is 11.6 Å². The first kappa shape index (κ1) is 13.9. The molecule has 1 atom stereocenters. The zero-order valence-electron chi connectivity index (χ0n) is 12.9. The lowest BCUT2D eigenvalue weighted by Crippen LogP contribution is -2.51. The minimum Gasteiger partial charge on any atom is -0.364 e. The average molecular weight is 256 g/mol. The highest BCUT2D eigenvalue weighted by Crippen LogP contribution is 2.45. The van der Waals surface area contributed by atoms with Crippen LogP contribution in [0.25, 0.3) is 0 Å². The van der Waals surface area contributed by atoms with Gasteiger partial charge >= 0.3 is 0 Å². The summed E-state index contributed by atoms with van der Waals surface area (Å²) in [7, 11) is 0. The second kappa shape index (κ2) is 4.56. The van der Waals surface area contributed by atoms with Crippen LogP contribution >= 0.6 is 0 Å². The van der Waals surface area contributed by atoms with Crippen molar-refractivity contribution in [3.8, 4) is 6.07 Å². The summed E-state index contributed by atoms with van der Waals surface area (Å²) < 4.78 is 0. The van der Waals surface area contributed by atoms with Crippen molar-refractivity contribution in [3.05, 3.63) is 28.8 Å². The molecule has 0 amide bonds. The molecule has 19 heavy (non-hydrogen) atoms. The highest BCUT2D eigenvalue weighted by molar-refractivity contribution is 5.64. The second-order valence-corrected chi connectivity index (χ2v) is 6.72. The maximum atomic E-state index is 9.22. The average Bonchev–Trinajstić information content (AvgIpc) is 2.26. The topological polar surface area (TPSA) is 27.0 Å². The van der Waals surface area contributed by atoms with Gasteiger partial charge in [0.15, 0.2) is 0 Å². The standard InChI is InChI=1S/C17H24N2/c1-11(2)19-16-7-12(3)14(10-18)8-15(16)13(4)9-17(19,5)6/h7-8,11,13H,9H2,1-6H3/t13-/m1/s1. The Bertz CT molecular complexity index is 535. The van der Waals surface area contributed by atoms with Gasteiger partial charge in [0, 0.05) is 17.3 Å². The Hall–Kier alpha value is -1.49. The van der Waals surface area contributed by atoms with E-state index in [1.165, 1.54) is 11.3 Å². The normalized spacial score (nSPS) is 21.2. The first-order valence-electron chi connectivity index (χ1n) is 7.12. The van der Waals surface area contributed by atoms with Gasteiger partial charge in [-0.2, -0.15) is 5.26 Å². The molecule has 0 saturated heterocycles. The van der Waals surface area contributed by atoms with Crippen molar-refractivity contribution >= 4 is 5.69 Å². The maximum absolute atomic E-state index is 9.22. The number of benzene rings is 1. The highest BCUT2D eigenvalue weighted by Gasteiger charge is 2.37. The van der Waals surface area contributed by atoms with Crippen LogP contribution in [0.3, 0.4) is 0 Å². The summed E-state index contributed by atoms with van der Waals surface area (Å²) in [6.45, 7) is 13.4. The fraction of sp³-hybridized carbons (Fsp3) is 0.588. The Balaban J connectivity index is 2.67. The molecule has 0 radical (unpaired) electrons. The molecular formula is C17H24N2.